The largest absolute Gasteiger partial charge is 0.416 e. The highest BCUT2D eigenvalue weighted by Gasteiger charge is 2.31. The predicted molar refractivity (Wildman–Crippen MR) is 104 cm³/mol. The van der Waals surface area contributed by atoms with Gasteiger partial charge >= 0.3 is 12.4 Å². The molecule has 0 bridgehead atoms. The molecule has 3 rings (SSSR count). The molecule has 0 saturated heterocycles. The molecule has 166 valence electrons. The molecule has 0 fully saturated rings. The number of ketones is 1. The molecule has 0 aliphatic carbocycles. The van der Waals surface area contributed by atoms with Crippen LogP contribution in [0.4, 0.5) is 26.3 Å². The Morgan fingerprint density at radius 1 is 0.875 bits per heavy atom. The minimum Gasteiger partial charge on any atom is -0.321 e. The van der Waals surface area contributed by atoms with Crippen LogP contribution in [0.25, 0.3) is 11.3 Å². The number of nitriles is 1. The summed E-state index contributed by atoms with van der Waals surface area (Å²) in [6, 6.07) is 13.3. The standard InChI is InChI=1S/C13H7F3N2O.C9H7F3O/c14-13(15,16)10-3-1-2-8(6-10)11-5-4-9(7-17)12(19)18-11;1-6(13)7-3-2-4-8(5-7)9(10,11)12/h1-6H,(H,18,19);2-5H,1H3. The van der Waals surface area contributed by atoms with E-state index in [1.807, 2.05) is 0 Å². The monoisotopic (exact) mass is 452 g/mol. The summed E-state index contributed by atoms with van der Waals surface area (Å²) in [6.45, 7) is 1.23. The molecule has 1 N–H and O–H groups in total. The Bertz CT molecular complexity index is 1220. The summed E-state index contributed by atoms with van der Waals surface area (Å²) in [5.41, 5.74) is -1.76. The summed E-state index contributed by atoms with van der Waals surface area (Å²) >= 11 is 0. The highest BCUT2D eigenvalue weighted by molar-refractivity contribution is 5.94. The van der Waals surface area contributed by atoms with E-state index in [1.165, 1.54) is 43.3 Å². The highest BCUT2D eigenvalue weighted by Crippen LogP contribution is 2.31. The number of rotatable bonds is 2. The van der Waals surface area contributed by atoms with Crippen LogP contribution in [-0.4, -0.2) is 10.8 Å². The Morgan fingerprint density at radius 2 is 1.44 bits per heavy atom. The van der Waals surface area contributed by atoms with Gasteiger partial charge in [-0.25, -0.2) is 0 Å². The van der Waals surface area contributed by atoms with E-state index < -0.39 is 29.0 Å². The fourth-order valence-corrected chi connectivity index (χ4v) is 2.51. The highest BCUT2D eigenvalue weighted by atomic mass is 19.4. The third-order valence-electron chi connectivity index (χ3n) is 4.13. The molecule has 0 unspecified atom stereocenters. The lowest BCUT2D eigenvalue weighted by atomic mass is 10.1. The molecular formula is C22H14F6N2O2. The topological polar surface area (TPSA) is 73.7 Å². The molecular weight excluding hydrogens is 438 g/mol. The maximum atomic E-state index is 12.6. The smallest absolute Gasteiger partial charge is 0.321 e. The molecule has 1 aromatic heterocycles. The number of pyridine rings is 1. The third kappa shape index (κ3) is 6.31. The predicted octanol–water partition coefficient (Wildman–Crippen LogP) is 5.84. The molecule has 3 aromatic rings. The van der Waals surface area contributed by atoms with Gasteiger partial charge in [-0.05, 0) is 48.9 Å². The zero-order valence-corrected chi connectivity index (χ0v) is 16.3. The van der Waals surface area contributed by atoms with E-state index in [9.17, 15) is 35.9 Å². The lowest BCUT2D eigenvalue weighted by Gasteiger charge is -2.08. The Kier molecular flexibility index (Phi) is 7.25. The van der Waals surface area contributed by atoms with Crippen molar-refractivity contribution < 1.29 is 31.1 Å². The lowest BCUT2D eigenvalue weighted by molar-refractivity contribution is -0.138. The number of Topliss-reactive ketones (excluding diaryl/α,β-unsaturated/α-hetero) is 1. The number of hydrogen-bond acceptors (Lipinski definition) is 3. The first-order valence-electron chi connectivity index (χ1n) is 8.82. The van der Waals surface area contributed by atoms with E-state index in [4.69, 9.17) is 5.26 Å². The van der Waals surface area contributed by atoms with Crippen LogP contribution in [0, 0.1) is 11.3 Å². The summed E-state index contributed by atoms with van der Waals surface area (Å²) in [4.78, 5) is 24.6. The van der Waals surface area contributed by atoms with E-state index in [0.717, 1.165) is 24.3 Å². The van der Waals surface area contributed by atoms with Gasteiger partial charge in [0.1, 0.15) is 11.6 Å². The van der Waals surface area contributed by atoms with E-state index in [-0.39, 0.29) is 28.2 Å². The Labute approximate surface area is 177 Å². The van der Waals surface area contributed by atoms with E-state index in [1.54, 1.807) is 6.07 Å². The van der Waals surface area contributed by atoms with Crippen molar-refractivity contribution in [2.45, 2.75) is 19.3 Å². The molecule has 32 heavy (non-hydrogen) atoms. The van der Waals surface area contributed by atoms with Crippen LogP contribution in [0.15, 0.2) is 65.5 Å². The molecule has 0 atom stereocenters. The SMILES string of the molecule is CC(=O)c1cccc(C(F)(F)F)c1.N#Cc1ccc(-c2cccc(C(F)(F)F)c2)[nH]c1=O. The van der Waals surface area contributed by atoms with Crippen LogP contribution in [0.3, 0.4) is 0 Å². The summed E-state index contributed by atoms with van der Waals surface area (Å²) in [7, 11) is 0. The summed E-state index contributed by atoms with van der Waals surface area (Å²) < 4.78 is 74.1. The van der Waals surface area contributed by atoms with E-state index >= 15 is 0 Å². The van der Waals surface area contributed by atoms with Crippen molar-refractivity contribution in [3.8, 4) is 17.3 Å². The number of alkyl halides is 6. The first-order chi connectivity index (χ1) is 14.8. The van der Waals surface area contributed by atoms with Gasteiger partial charge in [0.05, 0.1) is 11.1 Å². The first-order valence-corrected chi connectivity index (χ1v) is 8.82. The van der Waals surface area contributed by atoms with Gasteiger partial charge in [0.25, 0.3) is 5.56 Å². The molecule has 1 heterocycles. The van der Waals surface area contributed by atoms with Gasteiger partial charge in [0.15, 0.2) is 5.78 Å². The van der Waals surface area contributed by atoms with Gasteiger partial charge in [0.2, 0.25) is 0 Å². The molecule has 10 heteroatoms. The Hall–Kier alpha value is -3.87. The van der Waals surface area contributed by atoms with Gasteiger partial charge in [-0.15, -0.1) is 0 Å². The normalized spacial score (nSPS) is 11.2. The molecule has 0 aliphatic rings. The molecule has 0 amide bonds. The van der Waals surface area contributed by atoms with Crippen molar-refractivity contribution in [1.82, 2.24) is 4.98 Å². The van der Waals surface area contributed by atoms with Crippen molar-refractivity contribution in [3.05, 3.63) is 93.3 Å². The second kappa shape index (κ2) is 9.51. The van der Waals surface area contributed by atoms with Crippen LogP contribution in [0.1, 0.15) is 34.0 Å². The molecule has 0 spiro atoms. The molecule has 2 aromatic carbocycles. The molecule has 4 nitrogen and oxygen atoms in total. The quantitative estimate of drug-likeness (QED) is 0.392. The Balaban J connectivity index is 0.000000244. The van der Waals surface area contributed by atoms with Crippen molar-refractivity contribution >= 4 is 5.78 Å². The van der Waals surface area contributed by atoms with Crippen LogP contribution in [-0.2, 0) is 12.4 Å². The molecule has 0 aliphatic heterocycles. The van der Waals surface area contributed by atoms with Crippen LogP contribution in [0.2, 0.25) is 0 Å². The van der Waals surface area contributed by atoms with Crippen molar-refractivity contribution in [2.24, 2.45) is 0 Å². The van der Waals surface area contributed by atoms with Crippen molar-refractivity contribution in [1.29, 1.82) is 5.26 Å². The maximum absolute atomic E-state index is 12.6. The van der Waals surface area contributed by atoms with Crippen molar-refractivity contribution in [2.75, 3.05) is 0 Å². The zero-order valence-electron chi connectivity index (χ0n) is 16.3. The number of carbonyl (C=O) groups excluding carboxylic acids is 1. The van der Waals surface area contributed by atoms with E-state index in [0.29, 0.717) is 0 Å². The van der Waals surface area contributed by atoms with E-state index in [2.05, 4.69) is 4.98 Å². The second-order valence-corrected chi connectivity index (χ2v) is 6.44. The van der Waals surface area contributed by atoms with Crippen LogP contribution in [0.5, 0.6) is 0 Å². The van der Waals surface area contributed by atoms with Crippen molar-refractivity contribution in [3.63, 3.8) is 0 Å². The van der Waals surface area contributed by atoms with Gasteiger partial charge in [0, 0.05) is 11.3 Å². The van der Waals surface area contributed by atoms with Gasteiger partial charge in [-0.3, -0.25) is 9.59 Å². The first kappa shape index (κ1) is 24.4. The number of H-pyrrole nitrogens is 1. The van der Waals surface area contributed by atoms with Gasteiger partial charge in [-0.1, -0.05) is 24.3 Å². The number of aromatic amines is 1. The average molecular weight is 452 g/mol. The molecule has 0 saturated carbocycles. The summed E-state index contributed by atoms with van der Waals surface area (Å²) in [5.74, 6) is -0.369. The summed E-state index contributed by atoms with van der Waals surface area (Å²) in [5, 5.41) is 8.61. The number of carbonyl (C=O) groups is 1. The number of nitrogens with zero attached hydrogens (tertiary/aromatic N) is 1. The van der Waals surface area contributed by atoms with Crippen LogP contribution < -0.4 is 5.56 Å². The minimum atomic E-state index is -4.44. The van der Waals surface area contributed by atoms with Crippen LogP contribution >= 0.6 is 0 Å². The third-order valence-corrected chi connectivity index (χ3v) is 4.13. The second-order valence-electron chi connectivity index (χ2n) is 6.44. The van der Waals surface area contributed by atoms with Gasteiger partial charge < -0.3 is 4.98 Å². The Morgan fingerprint density at radius 3 is 1.94 bits per heavy atom. The minimum absolute atomic E-state index is 0.0785. The fourth-order valence-electron chi connectivity index (χ4n) is 2.51. The van der Waals surface area contributed by atoms with Gasteiger partial charge in [-0.2, -0.15) is 31.6 Å². The zero-order chi connectivity index (χ0) is 24.1. The number of hydrogen-bond donors (Lipinski definition) is 1. The maximum Gasteiger partial charge on any atom is 0.416 e. The average Bonchev–Trinajstić information content (AvgIpc) is 2.73. The molecule has 0 radical (unpaired) electrons. The number of aromatic nitrogens is 1. The number of nitrogens with one attached hydrogen (secondary N) is 1. The lowest BCUT2D eigenvalue weighted by Crippen LogP contribution is -2.10. The fraction of sp³-hybridized carbons (Fsp3) is 0.136. The number of benzene rings is 2. The summed E-state index contributed by atoms with van der Waals surface area (Å²) in [6.07, 6.45) is -8.83. The number of halogens is 6.